The van der Waals surface area contributed by atoms with E-state index in [9.17, 15) is 4.79 Å². The highest BCUT2D eigenvalue weighted by Gasteiger charge is 2.19. The number of halogens is 1. The molecule has 0 saturated heterocycles. The number of carbonyl (C=O) groups excluding carboxylic acids is 1. The van der Waals surface area contributed by atoms with Crippen LogP contribution in [0.25, 0.3) is 0 Å². The molecule has 0 saturated carbocycles. The smallest absolute Gasteiger partial charge is 0.410 e. The maximum atomic E-state index is 11.8. The minimum absolute atomic E-state index is 0.358. The Hall–Kier alpha value is -0.680. The largest absolute Gasteiger partial charge is 0.444 e. The predicted molar refractivity (Wildman–Crippen MR) is 114 cm³/mol. The number of ether oxygens (including phenoxy) is 7. The lowest BCUT2D eigenvalue weighted by atomic mass is 10.2. The third-order valence-corrected chi connectivity index (χ3v) is 3.51. The van der Waals surface area contributed by atoms with Gasteiger partial charge >= 0.3 is 6.09 Å². The monoisotopic (exact) mass is 457 g/mol. The van der Waals surface area contributed by atoms with Crippen LogP contribution in [0.15, 0.2) is 0 Å². The van der Waals surface area contributed by atoms with Crippen LogP contribution in [0.2, 0.25) is 0 Å². The Morgan fingerprint density at radius 2 is 1.00 bits per heavy atom. The fourth-order valence-corrected chi connectivity index (χ4v) is 2.00. The average molecular weight is 458 g/mol. The molecule has 0 spiro atoms. The molecule has 0 aromatic rings. The third-order valence-electron chi connectivity index (χ3n) is 3.36. The van der Waals surface area contributed by atoms with Crippen LogP contribution < -0.4 is 0 Å². The van der Waals surface area contributed by atoms with Gasteiger partial charge in [-0.05, 0) is 20.8 Å². The molecule has 0 bridgehead atoms. The molecule has 1 amide bonds. The normalized spacial score (nSPS) is 11.6. The number of carbonyl (C=O) groups is 1. The van der Waals surface area contributed by atoms with Gasteiger partial charge in [0.1, 0.15) is 5.60 Å². The Bertz CT molecular complexity index is 395. The van der Waals surface area contributed by atoms with Gasteiger partial charge in [0.25, 0.3) is 0 Å². The van der Waals surface area contributed by atoms with Gasteiger partial charge in [0.2, 0.25) is 0 Å². The maximum Gasteiger partial charge on any atom is 0.410 e. The Labute approximate surface area is 186 Å². The minimum Gasteiger partial charge on any atom is -0.444 e. The van der Waals surface area contributed by atoms with Crippen molar-refractivity contribution in [3.05, 3.63) is 0 Å². The lowest BCUT2D eigenvalue weighted by Gasteiger charge is -2.24. The minimum atomic E-state index is -0.497. The molecule has 0 aliphatic heterocycles. The summed E-state index contributed by atoms with van der Waals surface area (Å²) in [7, 11) is 1.68. The van der Waals surface area contributed by atoms with Crippen molar-refractivity contribution in [2.24, 2.45) is 0 Å². The lowest BCUT2D eigenvalue weighted by Crippen LogP contribution is -2.36. The Kier molecular flexibility index (Phi) is 19.8. The molecule has 0 aliphatic carbocycles. The fourth-order valence-electron chi connectivity index (χ4n) is 1.89. The average Bonchev–Trinajstić information content (AvgIpc) is 2.68. The molecular weight excluding hydrogens is 418 g/mol. The van der Waals surface area contributed by atoms with E-state index in [1.807, 2.05) is 20.8 Å². The lowest BCUT2D eigenvalue weighted by molar-refractivity contribution is -0.0173. The molecular formula is C20H40ClNO8. The molecule has 0 radical (unpaired) electrons. The van der Waals surface area contributed by atoms with E-state index >= 15 is 0 Å². The zero-order chi connectivity index (χ0) is 22.5. The molecule has 0 unspecified atom stereocenters. The van der Waals surface area contributed by atoms with Crippen LogP contribution in [-0.4, -0.2) is 115 Å². The van der Waals surface area contributed by atoms with E-state index < -0.39 is 5.60 Å². The van der Waals surface area contributed by atoms with Crippen molar-refractivity contribution in [3.63, 3.8) is 0 Å². The summed E-state index contributed by atoms with van der Waals surface area (Å²) in [6.45, 7) is 12.0. The van der Waals surface area contributed by atoms with Crippen molar-refractivity contribution in [3.8, 4) is 0 Å². The van der Waals surface area contributed by atoms with E-state index in [1.165, 1.54) is 4.90 Å². The first-order chi connectivity index (χ1) is 14.4. The fraction of sp³-hybridized carbons (Fsp3) is 0.950. The van der Waals surface area contributed by atoms with Crippen LogP contribution >= 0.6 is 11.6 Å². The van der Waals surface area contributed by atoms with Crippen LogP contribution in [0, 0.1) is 0 Å². The van der Waals surface area contributed by atoms with Gasteiger partial charge in [-0.1, -0.05) is 0 Å². The molecule has 0 atom stereocenters. The van der Waals surface area contributed by atoms with E-state index in [0.717, 1.165) is 0 Å². The Morgan fingerprint density at radius 3 is 1.33 bits per heavy atom. The summed E-state index contributed by atoms with van der Waals surface area (Å²) in [5, 5.41) is 0. The second-order valence-electron chi connectivity index (χ2n) is 7.27. The molecule has 0 aromatic heterocycles. The van der Waals surface area contributed by atoms with Crippen molar-refractivity contribution < 1.29 is 38.0 Å². The van der Waals surface area contributed by atoms with E-state index in [-0.39, 0.29) is 6.09 Å². The summed E-state index contributed by atoms with van der Waals surface area (Å²) in [5.74, 6) is 0.497. The van der Waals surface area contributed by atoms with Gasteiger partial charge in [-0.3, -0.25) is 0 Å². The van der Waals surface area contributed by atoms with Crippen molar-refractivity contribution in [1.82, 2.24) is 4.90 Å². The zero-order valence-corrected chi connectivity index (χ0v) is 19.7. The number of likely N-dealkylation sites (N-methyl/N-ethyl adjacent to an activating group) is 1. The van der Waals surface area contributed by atoms with Crippen molar-refractivity contribution in [2.75, 3.05) is 98.8 Å². The van der Waals surface area contributed by atoms with Gasteiger partial charge in [-0.2, -0.15) is 0 Å². The predicted octanol–water partition coefficient (Wildman–Crippen LogP) is 2.19. The first-order valence-electron chi connectivity index (χ1n) is 10.3. The van der Waals surface area contributed by atoms with E-state index in [4.69, 9.17) is 44.8 Å². The maximum absolute atomic E-state index is 11.8. The summed E-state index contributed by atoms with van der Waals surface area (Å²) in [6.07, 6.45) is -0.358. The Morgan fingerprint density at radius 1 is 0.667 bits per heavy atom. The van der Waals surface area contributed by atoms with E-state index in [0.29, 0.717) is 91.7 Å². The quantitative estimate of drug-likeness (QED) is 0.203. The molecule has 0 aliphatic rings. The highest BCUT2D eigenvalue weighted by molar-refractivity contribution is 6.17. The second-order valence-corrected chi connectivity index (χ2v) is 7.64. The van der Waals surface area contributed by atoms with Crippen LogP contribution in [0.1, 0.15) is 20.8 Å². The number of hydrogen-bond acceptors (Lipinski definition) is 8. The van der Waals surface area contributed by atoms with E-state index in [2.05, 4.69) is 0 Å². The van der Waals surface area contributed by atoms with Crippen LogP contribution in [0.3, 0.4) is 0 Å². The molecule has 0 aromatic carbocycles. The molecule has 30 heavy (non-hydrogen) atoms. The zero-order valence-electron chi connectivity index (χ0n) is 19.0. The van der Waals surface area contributed by atoms with Crippen molar-refractivity contribution in [1.29, 1.82) is 0 Å². The number of alkyl halides is 1. The number of nitrogens with zero attached hydrogens (tertiary/aromatic N) is 1. The molecule has 9 nitrogen and oxygen atoms in total. The number of amides is 1. The molecule has 0 heterocycles. The summed E-state index contributed by atoms with van der Waals surface area (Å²) in [6, 6.07) is 0. The number of hydrogen-bond donors (Lipinski definition) is 0. The molecule has 10 heteroatoms. The van der Waals surface area contributed by atoms with Gasteiger partial charge in [0.15, 0.2) is 0 Å². The van der Waals surface area contributed by atoms with Crippen LogP contribution in [0.4, 0.5) is 4.79 Å². The first kappa shape index (κ1) is 29.3. The van der Waals surface area contributed by atoms with Gasteiger partial charge in [0, 0.05) is 19.5 Å². The van der Waals surface area contributed by atoms with Gasteiger partial charge in [-0.15, -0.1) is 11.6 Å². The van der Waals surface area contributed by atoms with Gasteiger partial charge < -0.3 is 38.1 Å². The van der Waals surface area contributed by atoms with Crippen LogP contribution in [0.5, 0.6) is 0 Å². The van der Waals surface area contributed by atoms with Crippen molar-refractivity contribution >= 4 is 17.7 Å². The molecule has 0 N–H and O–H groups in total. The summed E-state index contributed by atoms with van der Waals surface area (Å²) in [5.41, 5.74) is -0.497. The Balaban J connectivity index is 3.22. The summed E-state index contributed by atoms with van der Waals surface area (Å²) >= 11 is 5.49. The molecule has 180 valence electrons. The van der Waals surface area contributed by atoms with Crippen molar-refractivity contribution in [2.45, 2.75) is 26.4 Å². The second kappa shape index (κ2) is 20.2. The summed E-state index contributed by atoms with van der Waals surface area (Å²) in [4.78, 5) is 13.3. The third kappa shape index (κ3) is 22.0. The van der Waals surface area contributed by atoms with Gasteiger partial charge in [-0.25, -0.2) is 4.79 Å². The van der Waals surface area contributed by atoms with E-state index in [1.54, 1.807) is 7.05 Å². The standard InChI is InChI=1S/C20H40ClNO8/c1-20(2,3)30-19(23)22(4)6-8-25-10-12-27-14-16-29-18-17-28-15-13-26-11-9-24-7-5-21/h5-18H2,1-4H3. The SMILES string of the molecule is CN(CCOCCOCCOCCOCCOCCOCCCl)C(=O)OC(C)(C)C. The molecule has 0 rings (SSSR count). The first-order valence-corrected chi connectivity index (χ1v) is 10.9. The summed E-state index contributed by atoms with van der Waals surface area (Å²) < 4.78 is 37.4. The topological polar surface area (TPSA) is 84.9 Å². The highest BCUT2D eigenvalue weighted by atomic mass is 35.5. The van der Waals surface area contributed by atoms with Gasteiger partial charge in [0.05, 0.1) is 79.3 Å². The number of rotatable bonds is 20. The van der Waals surface area contributed by atoms with Crippen LogP contribution in [-0.2, 0) is 33.2 Å². The molecule has 0 fully saturated rings. The highest BCUT2D eigenvalue weighted by Crippen LogP contribution is 2.08.